The molecule has 0 radical (unpaired) electrons. The molecule has 0 aromatic heterocycles. The summed E-state index contributed by atoms with van der Waals surface area (Å²) in [6, 6.07) is 52.0. The summed E-state index contributed by atoms with van der Waals surface area (Å²) in [6.45, 7) is 0. The molecule has 0 N–H and O–H groups in total. The van der Waals surface area contributed by atoms with Gasteiger partial charge in [0, 0.05) is 27.5 Å². The van der Waals surface area contributed by atoms with Gasteiger partial charge in [0.25, 0.3) is 0 Å². The molecule has 0 heterocycles. The molecule has 6 aromatic rings. The van der Waals surface area contributed by atoms with E-state index in [0.29, 0.717) is 0 Å². The van der Waals surface area contributed by atoms with E-state index in [1.807, 2.05) is 0 Å². The van der Waals surface area contributed by atoms with Crippen molar-refractivity contribution in [1.82, 2.24) is 0 Å². The number of rotatable bonds is 3. The molecule has 39 heavy (non-hydrogen) atoms. The molecule has 2 aliphatic carbocycles. The van der Waals surface area contributed by atoms with Crippen molar-refractivity contribution in [3.63, 3.8) is 0 Å². The average Bonchev–Trinajstić information content (AvgIpc) is 3.48. The Morgan fingerprint density at radius 3 is 1.41 bits per heavy atom. The van der Waals surface area contributed by atoms with Gasteiger partial charge in [0.15, 0.2) is 0 Å². The van der Waals surface area contributed by atoms with Crippen LogP contribution in [-0.4, -0.2) is 0 Å². The highest BCUT2D eigenvalue weighted by atomic mass is 35.5. The quantitative estimate of drug-likeness (QED) is 0.225. The standard InChI is InChI=1S/C37H24ClN/c38-33-23-24-34(39(25-13-3-1-4-14-25)26-15-5-2-6-16-26)35-29-19-9-12-22-32(29)37(36(33)35)30-20-10-7-17-27(30)28-18-8-11-21-31(28)37/h1-24H. The largest absolute Gasteiger partial charge is 0.310 e. The van der Waals surface area contributed by atoms with E-state index in [-0.39, 0.29) is 0 Å². The molecule has 184 valence electrons. The van der Waals surface area contributed by atoms with Crippen LogP contribution in [0.1, 0.15) is 22.3 Å². The van der Waals surface area contributed by atoms with Crippen molar-refractivity contribution < 1.29 is 0 Å². The molecule has 2 heteroatoms. The lowest BCUT2D eigenvalue weighted by atomic mass is 9.70. The maximum atomic E-state index is 7.31. The maximum Gasteiger partial charge on any atom is 0.0740 e. The van der Waals surface area contributed by atoms with Crippen molar-refractivity contribution in [1.29, 1.82) is 0 Å². The van der Waals surface area contributed by atoms with E-state index in [2.05, 4.69) is 150 Å². The first kappa shape index (κ1) is 22.4. The molecule has 0 saturated carbocycles. The van der Waals surface area contributed by atoms with Gasteiger partial charge in [0.05, 0.1) is 11.1 Å². The molecule has 8 rings (SSSR count). The third-order valence-corrected chi connectivity index (χ3v) is 8.64. The fourth-order valence-electron chi connectivity index (χ4n) is 6.93. The lowest BCUT2D eigenvalue weighted by Crippen LogP contribution is -2.26. The zero-order valence-electron chi connectivity index (χ0n) is 21.2. The average molecular weight is 518 g/mol. The van der Waals surface area contributed by atoms with Crippen LogP contribution in [0.4, 0.5) is 17.1 Å². The highest BCUT2D eigenvalue weighted by Gasteiger charge is 2.53. The molecule has 1 nitrogen and oxygen atoms in total. The zero-order chi connectivity index (χ0) is 26.0. The van der Waals surface area contributed by atoms with Gasteiger partial charge in [-0.2, -0.15) is 0 Å². The Morgan fingerprint density at radius 2 is 0.872 bits per heavy atom. The first-order chi connectivity index (χ1) is 19.3. The van der Waals surface area contributed by atoms with Crippen LogP contribution in [0, 0.1) is 0 Å². The summed E-state index contributed by atoms with van der Waals surface area (Å²) in [5.41, 5.74) is 12.9. The van der Waals surface area contributed by atoms with E-state index in [1.165, 1.54) is 38.9 Å². The van der Waals surface area contributed by atoms with Gasteiger partial charge < -0.3 is 4.90 Å². The summed E-state index contributed by atoms with van der Waals surface area (Å²) in [5, 5.41) is 0.789. The minimum absolute atomic E-state index is 0.481. The minimum Gasteiger partial charge on any atom is -0.310 e. The molecule has 6 aromatic carbocycles. The van der Waals surface area contributed by atoms with Crippen molar-refractivity contribution in [3.8, 4) is 22.3 Å². The highest BCUT2D eigenvalue weighted by molar-refractivity contribution is 6.33. The molecule has 2 aliphatic rings. The van der Waals surface area contributed by atoms with E-state index in [4.69, 9.17) is 11.6 Å². The smallest absolute Gasteiger partial charge is 0.0740 e. The Balaban J connectivity index is 1.53. The number of fused-ring (bicyclic) bond motifs is 10. The van der Waals surface area contributed by atoms with Gasteiger partial charge in [-0.05, 0) is 69.8 Å². The van der Waals surface area contributed by atoms with Crippen LogP contribution < -0.4 is 4.90 Å². The zero-order valence-corrected chi connectivity index (χ0v) is 21.9. The predicted octanol–water partition coefficient (Wildman–Crippen LogP) is 10.2. The topological polar surface area (TPSA) is 3.24 Å². The van der Waals surface area contributed by atoms with E-state index < -0.39 is 5.41 Å². The number of halogens is 1. The molecule has 0 aliphatic heterocycles. The summed E-state index contributed by atoms with van der Waals surface area (Å²) < 4.78 is 0. The van der Waals surface area contributed by atoms with Gasteiger partial charge in [-0.15, -0.1) is 0 Å². The number of nitrogens with zero attached hydrogens (tertiary/aromatic N) is 1. The SMILES string of the molecule is Clc1ccc(N(c2ccccc2)c2ccccc2)c2c1C1(c3ccccc3-c3ccccc31)c1ccccc1-2. The monoisotopic (exact) mass is 517 g/mol. The van der Waals surface area contributed by atoms with Crippen molar-refractivity contribution >= 4 is 28.7 Å². The lowest BCUT2D eigenvalue weighted by Gasteiger charge is -2.32. The van der Waals surface area contributed by atoms with E-state index in [1.54, 1.807) is 0 Å². The van der Waals surface area contributed by atoms with E-state index in [9.17, 15) is 0 Å². The Morgan fingerprint density at radius 1 is 0.436 bits per heavy atom. The fraction of sp³-hybridized carbons (Fsp3) is 0.0270. The summed E-state index contributed by atoms with van der Waals surface area (Å²) in [5.74, 6) is 0. The van der Waals surface area contributed by atoms with E-state index >= 15 is 0 Å². The van der Waals surface area contributed by atoms with Crippen LogP contribution in [0.15, 0.2) is 146 Å². The molecule has 0 bridgehead atoms. The molecule has 0 atom stereocenters. The lowest BCUT2D eigenvalue weighted by molar-refractivity contribution is 0.794. The third-order valence-electron chi connectivity index (χ3n) is 8.33. The summed E-state index contributed by atoms with van der Waals surface area (Å²) in [6.07, 6.45) is 0. The van der Waals surface area contributed by atoms with Gasteiger partial charge >= 0.3 is 0 Å². The molecule has 0 fully saturated rings. The van der Waals surface area contributed by atoms with Crippen LogP contribution in [0.5, 0.6) is 0 Å². The molecule has 1 spiro atoms. The normalized spacial score (nSPS) is 13.5. The Kier molecular flexibility index (Phi) is 4.86. The number of anilines is 3. The number of benzene rings is 6. The number of hydrogen-bond acceptors (Lipinski definition) is 1. The molecular formula is C37H24ClN. The van der Waals surface area contributed by atoms with Crippen LogP contribution >= 0.6 is 11.6 Å². The predicted molar refractivity (Wildman–Crippen MR) is 162 cm³/mol. The van der Waals surface area contributed by atoms with Crippen LogP contribution in [-0.2, 0) is 5.41 Å². The molecule has 0 amide bonds. The van der Waals surface area contributed by atoms with Crippen LogP contribution in [0.3, 0.4) is 0 Å². The number of hydrogen-bond donors (Lipinski definition) is 0. The third kappa shape index (κ3) is 2.97. The second-order valence-corrected chi connectivity index (χ2v) is 10.6. The second kappa shape index (κ2) is 8.46. The van der Waals surface area contributed by atoms with Gasteiger partial charge in [0.2, 0.25) is 0 Å². The minimum atomic E-state index is -0.481. The summed E-state index contributed by atoms with van der Waals surface area (Å²) >= 11 is 7.31. The van der Waals surface area contributed by atoms with Crippen molar-refractivity contribution in [3.05, 3.63) is 173 Å². The van der Waals surface area contributed by atoms with Crippen LogP contribution in [0.2, 0.25) is 5.02 Å². The van der Waals surface area contributed by atoms with Crippen molar-refractivity contribution in [2.45, 2.75) is 5.41 Å². The summed E-state index contributed by atoms with van der Waals surface area (Å²) in [7, 11) is 0. The first-order valence-corrected chi connectivity index (χ1v) is 13.7. The first-order valence-electron chi connectivity index (χ1n) is 13.3. The Hall–Kier alpha value is -4.59. The molecule has 0 unspecified atom stereocenters. The molecule has 0 saturated heterocycles. The van der Waals surface area contributed by atoms with Gasteiger partial charge in [-0.3, -0.25) is 0 Å². The maximum absolute atomic E-state index is 7.31. The summed E-state index contributed by atoms with van der Waals surface area (Å²) in [4.78, 5) is 2.36. The number of para-hydroxylation sites is 2. The Labute approximate surface area is 233 Å². The fourth-order valence-corrected chi connectivity index (χ4v) is 7.23. The highest BCUT2D eigenvalue weighted by Crippen LogP contribution is 2.66. The van der Waals surface area contributed by atoms with Gasteiger partial charge in [-0.1, -0.05) is 121 Å². The van der Waals surface area contributed by atoms with Crippen molar-refractivity contribution in [2.24, 2.45) is 0 Å². The molecular weight excluding hydrogens is 494 g/mol. The van der Waals surface area contributed by atoms with Crippen LogP contribution in [0.25, 0.3) is 22.3 Å². The Bertz CT molecular complexity index is 1790. The van der Waals surface area contributed by atoms with Gasteiger partial charge in [0.1, 0.15) is 0 Å². The van der Waals surface area contributed by atoms with E-state index in [0.717, 1.165) is 27.6 Å². The van der Waals surface area contributed by atoms with Gasteiger partial charge in [-0.25, -0.2) is 0 Å². The second-order valence-electron chi connectivity index (χ2n) is 10.2. The van der Waals surface area contributed by atoms with Crippen molar-refractivity contribution in [2.75, 3.05) is 4.90 Å².